The van der Waals surface area contributed by atoms with E-state index in [-0.39, 0.29) is 12.5 Å². The zero-order valence-corrected chi connectivity index (χ0v) is 16.4. The summed E-state index contributed by atoms with van der Waals surface area (Å²) in [5, 5.41) is 12.8. The van der Waals surface area contributed by atoms with E-state index in [1.165, 1.54) is 0 Å². The fraction of sp³-hybridized carbons (Fsp3) is 0.250. The standard InChI is InChI=1S/C24H24N2O3/c1-29-18-10-7-16(8-11-18)15-17-9-12-20-22(24(28)25-13-4-14-27)19-5-2-3-6-21(19)26-23(17)20/h2-3,5-8,10-11,15,27H,4,9,12-14H2,1H3,(H,25,28)/b17-15-. The predicted molar refractivity (Wildman–Crippen MR) is 115 cm³/mol. The third-order valence-electron chi connectivity index (χ3n) is 5.25. The number of carbonyl (C=O) groups is 1. The maximum absolute atomic E-state index is 13.0. The minimum absolute atomic E-state index is 0.0597. The Balaban J connectivity index is 1.77. The Labute approximate surface area is 170 Å². The number of aromatic nitrogens is 1. The van der Waals surface area contributed by atoms with Crippen LogP contribution in [0.1, 0.15) is 40.0 Å². The molecule has 1 heterocycles. The Hall–Kier alpha value is -3.18. The van der Waals surface area contributed by atoms with Gasteiger partial charge in [0, 0.05) is 18.5 Å². The Morgan fingerprint density at radius 2 is 1.97 bits per heavy atom. The third-order valence-corrected chi connectivity index (χ3v) is 5.25. The van der Waals surface area contributed by atoms with Crippen molar-refractivity contribution in [3.05, 3.63) is 70.9 Å². The molecule has 0 saturated heterocycles. The number of hydrogen-bond donors (Lipinski definition) is 2. The number of methoxy groups -OCH3 is 1. The first-order valence-corrected chi connectivity index (χ1v) is 9.87. The maximum Gasteiger partial charge on any atom is 0.252 e. The molecule has 0 unspecified atom stereocenters. The fourth-order valence-corrected chi connectivity index (χ4v) is 3.81. The lowest BCUT2D eigenvalue weighted by atomic mass is 10.00. The van der Waals surface area contributed by atoms with Crippen molar-refractivity contribution in [3.63, 3.8) is 0 Å². The lowest BCUT2D eigenvalue weighted by Crippen LogP contribution is -2.26. The molecule has 0 bridgehead atoms. The van der Waals surface area contributed by atoms with Crippen molar-refractivity contribution in [2.45, 2.75) is 19.3 Å². The van der Waals surface area contributed by atoms with Crippen LogP contribution in [0.25, 0.3) is 22.6 Å². The van der Waals surface area contributed by atoms with E-state index in [0.29, 0.717) is 18.5 Å². The zero-order chi connectivity index (χ0) is 20.2. The third kappa shape index (κ3) is 3.87. The summed E-state index contributed by atoms with van der Waals surface area (Å²) in [6, 6.07) is 15.7. The topological polar surface area (TPSA) is 71.5 Å². The summed E-state index contributed by atoms with van der Waals surface area (Å²) in [5.41, 5.74) is 5.66. The number of hydrogen-bond acceptors (Lipinski definition) is 4. The molecule has 1 aliphatic carbocycles. The van der Waals surface area contributed by atoms with E-state index < -0.39 is 0 Å². The number of nitrogens with zero attached hydrogens (tertiary/aromatic N) is 1. The molecule has 29 heavy (non-hydrogen) atoms. The van der Waals surface area contributed by atoms with Gasteiger partial charge in [0.05, 0.1) is 23.9 Å². The SMILES string of the molecule is COc1ccc(/C=C2/CCc3c2nc2ccccc2c3C(=O)NCCCO)cc1. The molecule has 0 saturated carbocycles. The molecule has 0 fully saturated rings. The fourth-order valence-electron chi connectivity index (χ4n) is 3.81. The number of benzene rings is 2. The molecule has 1 aliphatic rings. The molecule has 0 atom stereocenters. The van der Waals surface area contributed by atoms with Crippen molar-refractivity contribution in [3.8, 4) is 5.75 Å². The normalized spacial score (nSPS) is 14.2. The van der Waals surface area contributed by atoms with Crippen molar-refractivity contribution in [2.24, 2.45) is 0 Å². The molecule has 5 nitrogen and oxygen atoms in total. The molecule has 148 valence electrons. The second-order valence-corrected chi connectivity index (χ2v) is 7.11. The molecule has 5 heteroatoms. The number of pyridine rings is 1. The number of carbonyl (C=O) groups excluding carboxylic acids is 1. The molecule has 3 aromatic rings. The van der Waals surface area contributed by atoms with Gasteiger partial charge in [-0.2, -0.15) is 0 Å². The average molecular weight is 388 g/mol. The van der Waals surface area contributed by atoms with Crippen LogP contribution in [0, 0.1) is 0 Å². The summed E-state index contributed by atoms with van der Waals surface area (Å²) in [6.45, 7) is 0.513. The highest BCUT2D eigenvalue weighted by molar-refractivity contribution is 6.09. The smallest absolute Gasteiger partial charge is 0.252 e. The van der Waals surface area contributed by atoms with Gasteiger partial charge in [0.15, 0.2) is 0 Å². The highest BCUT2D eigenvalue weighted by Crippen LogP contribution is 2.37. The number of allylic oxidation sites excluding steroid dienone is 1. The number of ether oxygens (including phenoxy) is 1. The van der Waals surface area contributed by atoms with E-state index in [0.717, 1.165) is 51.9 Å². The monoisotopic (exact) mass is 388 g/mol. The van der Waals surface area contributed by atoms with Gasteiger partial charge in [-0.3, -0.25) is 4.79 Å². The van der Waals surface area contributed by atoms with Gasteiger partial charge in [-0.05, 0) is 60.2 Å². The summed E-state index contributed by atoms with van der Waals surface area (Å²) < 4.78 is 5.23. The van der Waals surface area contributed by atoms with Gasteiger partial charge in [-0.1, -0.05) is 30.3 Å². The maximum atomic E-state index is 13.0. The minimum Gasteiger partial charge on any atom is -0.497 e. The van der Waals surface area contributed by atoms with Crippen LogP contribution >= 0.6 is 0 Å². The second kappa shape index (κ2) is 8.45. The summed E-state index contributed by atoms with van der Waals surface area (Å²) >= 11 is 0. The van der Waals surface area contributed by atoms with Crippen LogP contribution in [-0.4, -0.2) is 36.3 Å². The molecule has 2 N–H and O–H groups in total. The number of fused-ring (bicyclic) bond motifs is 2. The second-order valence-electron chi connectivity index (χ2n) is 7.11. The number of nitrogens with one attached hydrogen (secondary N) is 1. The summed E-state index contributed by atoms with van der Waals surface area (Å²) in [7, 11) is 1.66. The summed E-state index contributed by atoms with van der Waals surface area (Å²) in [4.78, 5) is 17.9. The highest BCUT2D eigenvalue weighted by atomic mass is 16.5. The zero-order valence-electron chi connectivity index (χ0n) is 16.4. The first-order valence-electron chi connectivity index (χ1n) is 9.87. The van der Waals surface area contributed by atoms with E-state index in [1.54, 1.807) is 7.11 Å². The Bertz CT molecular complexity index is 1070. The largest absolute Gasteiger partial charge is 0.497 e. The van der Waals surface area contributed by atoms with Gasteiger partial charge in [-0.15, -0.1) is 0 Å². The predicted octanol–water partition coefficient (Wildman–Crippen LogP) is 3.84. The van der Waals surface area contributed by atoms with Crippen molar-refractivity contribution < 1.29 is 14.6 Å². The number of para-hydroxylation sites is 1. The lowest BCUT2D eigenvalue weighted by molar-refractivity contribution is 0.0952. The van der Waals surface area contributed by atoms with Crippen LogP contribution in [0.15, 0.2) is 48.5 Å². The minimum atomic E-state index is -0.0982. The molecule has 0 radical (unpaired) electrons. The van der Waals surface area contributed by atoms with Crippen molar-refractivity contribution >= 4 is 28.5 Å². The molecule has 1 amide bonds. The van der Waals surface area contributed by atoms with Crippen molar-refractivity contribution in [1.82, 2.24) is 10.3 Å². The molecule has 4 rings (SSSR count). The van der Waals surface area contributed by atoms with Crippen LogP contribution in [0.3, 0.4) is 0 Å². The molecule has 0 aliphatic heterocycles. The van der Waals surface area contributed by atoms with Crippen molar-refractivity contribution in [2.75, 3.05) is 20.3 Å². The van der Waals surface area contributed by atoms with E-state index in [1.807, 2.05) is 48.5 Å². The van der Waals surface area contributed by atoms with Gasteiger partial charge in [-0.25, -0.2) is 4.98 Å². The Kier molecular flexibility index (Phi) is 5.58. The number of aliphatic hydroxyl groups is 1. The van der Waals surface area contributed by atoms with Crippen LogP contribution in [0.2, 0.25) is 0 Å². The van der Waals surface area contributed by atoms with Crippen LogP contribution in [0.4, 0.5) is 0 Å². The van der Waals surface area contributed by atoms with Crippen LogP contribution in [0.5, 0.6) is 5.75 Å². The number of aliphatic hydroxyl groups excluding tert-OH is 1. The van der Waals surface area contributed by atoms with Crippen LogP contribution in [-0.2, 0) is 6.42 Å². The summed E-state index contributed by atoms with van der Waals surface area (Å²) in [5.74, 6) is 0.726. The Morgan fingerprint density at radius 3 is 2.72 bits per heavy atom. The van der Waals surface area contributed by atoms with E-state index in [2.05, 4.69) is 11.4 Å². The van der Waals surface area contributed by atoms with Gasteiger partial charge in [0.2, 0.25) is 0 Å². The van der Waals surface area contributed by atoms with Gasteiger partial charge in [0.1, 0.15) is 5.75 Å². The van der Waals surface area contributed by atoms with E-state index in [9.17, 15) is 4.79 Å². The number of amides is 1. The average Bonchev–Trinajstić information content (AvgIpc) is 3.14. The molecule has 2 aromatic carbocycles. The first kappa shape index (κ1) is 19.2. The number of rotatable bonds is 6. The molecule has 1 aromatic heterocycles. The quantitative estimate of drug-likeness (QED) is 0.630. The van der Waals surface area contributed by atoms with Crippen LogP contribution < -0.4 is 10.1 Å². The lowest BCUT2D eigenvalue weighted by Gasteiger charge is -2.13. The molecule has 0 spiro atoms. The van der Waals surface area contributed by atoms with Crippen molar-refractivity contribution in [1.29, 1.82) is 0 Å². The van der Waals surface area contributed by atoms with E-state index >= 15 is 0 Å². The van der Waals surface area contributed by atoms with Gasteiger partial charge < -0.3 is 15.2 Å². The van der Waals surface area contributed by atoms with Gasteiger partial charge in [0.25, 0.3) is 5.91 Å². The Morgan fingerprint density at radius 1 is 1.17 bits per heavy atom. The molecular weight excluding hydrogens is 364 g/mol. The first-order chi connectivity index (χ1) is 14.2. The molecular formula is C24H24N2O3. The van der Waals surface area contributed by atoms with E-state index in [4.69, 9.17) is 14.8 Å². The highest BCUT2D eigenvalue weighted by Gasteiger charge is 2.26. The summed E-state index contributed by atoms with van der Waals surface area (Å²) in [6.07, 6.45) is 4.32. The van der Waals surface area contributed by atoms with Gasteiger partial charge >= 0.3 is 0 Å².